The van der Waals surface area contributed by atoms with E-state index in [1.165, 1.54) is 0 Å². The van der Waals surface area contributed by atoms with Crippen molar-refractivity contribution in [2.75, 3.05) is 23.7 Å². The molecule has 25 heavy (non-hydrogen) atoms. The summed E-state index contributed by atoms with van der Waals surface area (Å²) in [6.45, 7) is 4.38. The maximum absolute atomic E-state index is 12.3. The van der Waals surface area contributed by atoms with Gasteiger partial charge in [-0.1, -0.05) is 18.6 Å². The summed E-state index contributed by atoms with van der Waals surface area (Å²) in [4.78, 5) is 37.8. The highest BCUT2D eigenvalue weighted by Crippen LogP contribution is 2.21. The summed E-state index contributed by atoms with van der Waals surface area (Å²) in [7, 11) is 0. The van der Waals surface area contributed by atoms with E-state index in [4.69, 9.17) is 0 Å². The monoisotopic (exact) mass is 346 g/mol. The summed E-state index contributed by atoms with van der Waals surface area (Å²) in [5.41, 5.74) is 1.02. The lowest BCUT2D eigenvalue weighted by atomic mass is 10.2. The number of para-hydroxylation sites is 2. The van der Waals surface area contributed by atoms with Crippen LogP contribution in [0.3, 0.4) is 0 Å². The van der Waals surface area contributed by atoms with Gasteiger partial charge >= 0.3 is 6.03 Å². The molecule has 0 aromatic heterocycles. The van der Waals surface area contributed by atoms with Gasteiger partial charge in [0.1, 0.15) is 0 Å². The number of carbonyl (C=O) groups is 3. The second kappa shape index (κ2) is 9.05. The van der Waals surface area contributed by atoms with Gasteiger partial charge in [0.15, 0.2) is 0 Å². The molecule has 3 N–H and O–H groups in total. The van der Waals surface area contributed by atoms with Gasteiger partial charge in [0.25, 0.3) is 0 Å². The minimum Gasteiger partial charge on any atom is -0.336 e. The third-order valence-corrected chi connectivity index (χ3v) is 3.87. The fraction of sp³-hybridized carbons (Fsp3) is 0.500. The highest BCUT2D eigenvalue weighted by molar-refractivity contribution is 6.00. The summed E-state index contributed by atoms with van der Waals surface area (Å²) in [5, 5.41) is 8.24. The van der Waals surface area contributed by atoms with Crippen molar-refractivity contribution in [3.05, 3.63) is 24.3 Å². The first-order chi connectivity index (χ1) is 12.0. The van der Waals surface area contributed by atoms with Gasteiger partial charge in [0.2, 0.25) is 11.8 Å². The number of urea groups is 1. The summed E-state index contributed by atoms with van der Waals surface area (Å²) in [5.74, 6) is -0.246. The van der Waals surface area contributed by atoms with Crippen LogP contribution >= 0.6 is 0 Å². The number of anilines is 2. The van der Waals surface area contributed by atoms with E-state index in [-0.39, 0.29) is 30.4 Å². The van der Waals surface area contributed by atoms with Crippen LogP contribution < -0.4 is 16.0 Å². The molecule has 0 spiro atoms. The fourth-order valence-electron chi connectivity index (χ4n) is 2.69. The molecule has 1 saturated heterocycles. The number of carbonyl (C=O) groups excluding carboxylic acids is 3. The van der Waals surface area contributed by atoms with Crippen LogP contribution in [0.5, 0.6) is 0 Å². The molecule has 7 nitrogen and oxygen atoms in total. The van der Waals surface area contributed by atoms with Gasteiger partial charge in [-0.25, -0.2) is 4.79 Å². The number of amides is 4. The van der Waals surface area contributed by atoms with E-state index in [0.717, 1.165) is 19.3 Å². The molecule has 1 aromatic carbocycles. The third-order valence-electron chi connectivity index (χ3n) is 3.87. The maximum atomic E-state index is 12.3. The van der Waals surface area contributed by atoms with Gasteiger partial charge in [0.05, 0.1) is 17.9 Å². The highest BCUT2D eigenvalue weighted by Gasteiger charge is 2.19. The van der Waals surface area contributed by atoms with Crippen molar-refractivity contribution in [2.24, 2.45) is 0 Å². The van der Waals surface area contributed by atoms with Gasteiger partial charge in [-0.3, -0.25) is 9.59 Å². The van der Waals surface area contributed by atoms with Crippen LogP contribution in [-0.4, -0.2) is 41.9 Å². The molecule has 1 heterocycles. The number of hydrogen-bond acceptors (Lipinski definition) is 3. The lowest BCUT2D eigenvalue weighted by molar-refractivity contribution is -0.134. The zero-order valence-corrected chi connectivity index (χ0v) is 14.8. The lowest BCUT2D eigenvalue weighted by Crippen LogP contribution is -2.38. The number of nitrogens with one attached hydrogen (secondary N) is 3. The molecular formula is C18H26N4O3. The summed E-state index contributed by atoms with van der Waals surface area (Å²) < 4.78 is 0. The Kier molecular flexibility index (Phi) is 6.80. The van der Waals surface area contributed by atoms with Crippen LogP contribution in [0.4, 0.5) is 16.2 Å². The van der Waals surface area contributed by atoms with Crippen molar-refractivity contribution in [3.63, 3.8) is 0 Å². The van der Waals surface area contributed by atoms with Crippen LogP contribution in [0.15, 0.2) is 24.3 Å². The zero-order chi connectivity index (χ0) is 18.2. The normalized spacial score (nSPS) is 14.8. The van der Waals surface area contributed by atoms with Crippen LogP contribution in [0.1, 0.15) is 39.5 Å². The summed E-state index contributed by atoms with van der Waals surface area (Å²) >= 11 is 0. The Morgan fingerprint density at radius 2 is 1.76 bits per heavy atom. The first kappa shape index (κ1) is 18.8. The average Bonchev–Trinajstić information content (AvgIpc) is 2.73. The minimum atomic E-state index is -0.334. The van der Waals surface area contributed by atoms with Crippen molar-refractivity contribution >= 4 is 29.2 Å². The number of likely N-dealkylation sites (tertiary alicyclic amines) is 1. The van der Waals surface area contributed by atoms with E-state index in [1.54, 1.807) is 29.2 Å². The molecule has 1 aromatic rings. The molecule has 0 unspecified atom stereocenters. The molecule has 4 amide bonds. The Morgan fingerprint density at radius 3 is 2.44 bits per heavy atom. The van der Waals surface area contributed by atoms with Gasteiger partial charge in [-0.05, 0) is 38.8 Å². The van der Waals surface area contributed by atoms with Crippen molar-refractivity contribution in [1.29, 1.82) is 0 Å². The van der Waals surface area contributed by atoms with E-state index in [2.05, 4.69) is 16.0 Å². The summed E-state index contributed by atoms with van der Waals surface area (Å²) in [6, 6.07) is 6.66. The molecule has 0 saturated carbocycles. The van der Waals surface area contributed by atoms with Crippen LogP contribution in [-0.2, 0) is 9.59 Å². The number of nitrogens with zero attached hydrogens (tertiary/aromatic N) is 1. The number of hydrogen-bond donors (Lipinski definition) is 3. The van der Waals surface area contributed by atoms with E-state index < -0.39 is 0 Å². The van der Waals surface area contributed by atoms with Crippen LogP contribution in [0.2, 0.25) is 0 Å². The highest BCUT2D eigenvalue weighted by atomic mass is 16.2. The Morgan fingerprint density at radius 1 is 1.08 bits per heavy atom. The third kappa shape index (κ3) is 6.10. The van der Waals surface area contributed by atoms with Crippen molar-refractivity contribution < 1.29 is 14.4 Å². The second-order valence-electron chi connectivity index (χ2n) is 6.47. The first-order valence-corrected chi connectivity index (χ1v) is 8.70. The molecular weight excluding hydrogens is 320 g/mol. The molecule has 7 heteroatoms. The smallest absolute Gasteiger partial charge is 0.319 e. The van der Waals surface area contributed by atoms with E-state index >= 15 is 0 Å². The fourth-order valence-corrected chi connectivity index (χ4v) is 2.69. The Hall–Kier alpha value is -2.57. The lowest BCUT2D eigenvalue weighted by Gasteiger charge is -2.20. The van der Waals surface area contributed by atoms with Crippen molar-refractivity contribution in [2.45, 2.75) is 45.6 Å². The zero-order valence-electron chi connectivity index (χ0n) is 14.8. The number of rotatable bonds is 5. The molecule has 1 aliphatic rings. The van der Waals surface area contributed by atoms with Gasteiger partial charge in [-0.15, -0.1) is 0 Å². The molecule has 0 aliphatic carbocycles. The average molecular weight is 346 g/mol. The molecule has 0 atom stereocenters. The quantitative estimate of drug-likeness (QED) is 0.765. The Balaban J connectivity index is 1.98. The first-order valence-electron chi connectivity index (χ1n) is 8.70. The minimum absolute atomic E-state index is 0.0100. The van der Waals surface area contributed by atoms with Crippen LogP contribution in [0.25, 0.3) is 0 Å². The second-order valence-corrected chi connectivity index (χ2v) is 6.47. The summed E-state index contributed by atoms with van der Waals surface area (Å²) in [6.07, 6.45) is 3.32. The maximum Gasteiger partial charge on any atom is 0.319 e. The predicted octanol–water partition coefficient (Wildman–Crippen LogP) is 2.56. The predicted molar refractivity (Wildman–Crippen MR) is 97.4 cm³/mol. The molecule has 1 fully saturated rings. The van der Waals surface area contributed by atoms with Crippen molar-refractivity contribution in [1.82, 2.24) is 10.2 Å². The molecule has 1 aliphatic heterocycles. The molecule has 136 valence electrons. The van der Waals surface area contributed by atoms with Crippen molar-refractivity contribution in [3.8, 4) is 0 Å². The standard InChI is InChI=1S/C18H26N4O3/c1-13(2)19-18(25)21-15-9-6-5-8-14(15)20-16(23)12-22-11-7-3-4-10-17(22)24/h5-6,8-9,13H,3-4,7,10-12H2,1-2H3,(H,20,23)(H2,19,21,25). The van der Waals surface area contributed by atoms with Gasteiger partial charge in [0, 0.05) is 19.0 Å². The Labute approximate surface area is 148 Å². The topological polar surface area (TPSA) is 90.5 Å². The molecule has 0 bridgehead atoms. The van der Waals surface area contributed by atoms with Crippen LogP contribution in [0, 0.1) is 0 Å². The molecule has 0 radical (unpaired) electrons. The van der Waals surface area contributed by atoms with E-state index in [0.29, 0.717) is 24.3 Å². The Bertz CT molecular complexity index is 631. The SMILES string of the molecule is CC(C)NC(=O)Nc1ccccc1NC(=O)CN1CCCCCC1=O. The van der Waals surface area contributed by atoms with Gasteiger partial charge in [-0.2, -0.15) is 0 Å². The largest absolute Gasteiger partial charge is 0.336 e. The number of benzene rings is 1. The van der Waals surface area contributed by atoms with E-state index in [1.807, 2.05) is 13.8 Å². The van der Waals surface area contributed by atoms with Gasteiger partial charge < -0.3 is 20.9 Å². The van der Waals surface area contributed by atoms with E-state index in [9.17, 15) is 14.4 Å². The molecule has 2 rings (SSSR count).